The summed E-state index contributed by atoms with van der Waals surface area (Å²) in [5, 5.41) is 1.81. The third kappa shape index (κ3) is 4.93. The highest BCUT2D eigenvalue weighted by Crippen LogP contribution is 2.18. The molecule has 3 aromatic carbocycles. The number of esters is 1. The molecule has 0 bridgehead atoms. The highest BCUT2D eigenvalue weighted by molar-refractivity contribution is 7.89. The van der Waals surface area contributed by atoms with Crippen LogP contribution in [-0.2, 0) is 26.2 Å². The Kier molecular flexibility index (Phi) is 5.88. The van der Waals surface area contributed by atoms with Crippen LogP contribution >= 0.6 is 0 Å². The predicted molar refractivity (Wildman–Crippen MR) is 105 cm³/mol. The van der Waals surface area contributed by atoms with Crippen molar-refractivity contribution in [3.63, 3.8) is 0 Å². The molecule has 0 atom stereocenters. The fourth-order valence-electron chi connectivity index (χ4n) is 2.71. The Morgan fingerprint density at radius 1 is 0.963 bits per heavy atom. The molecule has 0 aliphatic heterocycles. The van der Waals surface area contributed by atoms with Gasteiger partial charge in [0.25, 0.3) is 0 Å². The minimum Gasteiger partial charge on any atom is -0.461 e. The van der Waals surface area contributed by atoms with E-state index < -0.39 is 16.0 Å². The number of fused-ring (bicyclic) bond motifs is 1. The first-order valence-electron chi connectivity index (χ1n) is 8.64. The molecule has 3 rings (SSSR count). The van der Waals surface area contributed by atoms with Crippen molar-refractivity contribution in [3.05, 3.63) is 77.9 Å². The lowest BCUT2D eigenvalue weighted by Gasteiger charge is -2.09. The van der Waals surface area contributed by atoms with Crippen molar-refractivity contribution in [2.24, 2.45) is 0 Å². The lowest BCUT2D eigenvalue weighted by molar-refractivity contribution is -0.144. The van der Waals surface area contributed by atoms with Gasteiger partial charge in [0.2, 0.25) is 10.0 Å². The first kappa shape index (κ1) is 19.1. The van der Waals surface area contributed by atoms with Crippen LogP contribution in [0.2, 0.25) is 0 Å². The van der Waals surface area contributed by atoms with Crippen molar-refractivity contribution in [1.29, 1.82) is 0 Å². The predicted octanol–water partition coefficient (Wildman–Crippen LogP) is 3.56. The number of benzene rings is 3. The van der Waals surface area contributed by atoms with Gasteiger partial charge >= 0.3 is 5.97 Å². The summed E-state index contributed by atoms with van der Waals surface area (Å²) < 4.78 is 32.5. The van der Waals surface area contributed by atoms with Crippen molar-refractivity contribution in [2.75, 3.05) is 6.54 Å². The monoisotopic (exact) mass is 383 g/mol. The van der Waals surface area contributed by atoms with Gasteiger partial charge in [0.1, 0.15) is 6.61 Å². The van der Waals surface area contributed by atoms with E-state index >= 15 is 0 Å². The molecule has 0 fully saturated rings. The van der Waals surface area contributed by atoms with E-state index in [9.17, 15) is 13.2 Å². The second-order valence-electron chi connectivity index (χ2n) is 6.24. The van der Waals surface area contributed by atoms with Crippen molar-refractivity contribution in [2.45, 2.75) is 24.8 Å². The van der Waals surface area contributed by atoms with Crippen LogP contribution in [0.3, 0.4) is 0 Å². The minimum absolute atomic E-state index is 0.0121. The molecular weight excluding hydrogens is 362 g/mol. The van der Waals surface area contributed by atoms with Gasteiger partial charge < -0.3 is 4.74 Å². The van der Waals surface area contributed by atoms with Crippen molar-refractivity contribution < 1.29 is 17.9 Å². The normalized spacial score (nSPS) is 11.4. The molecule has 27 heavy (non-hydrogen) atoms. The number of nitrogens with one attached hydrogen (secondary N) is 1. The minimum atomic E-state index is -3.68. The summed E-state index contributed by atoms with van der Waals surface area (Å²) in [7, 11) is -3.68. The molecule has 0 aliphatic carbocycles. The average molecular weight is 383 g/mol. The smallest absolute Gasteiger partial charge is 0.307 e. The second kappa shape index (κ2) is 8.33. The van der Waals surface area contributed by atoms with Gasteiger partial charge in [0.05, 0.1) is 11.3 Å². The molecule has 140 valence electrons. The molecule has 0 saturated carbocycles. The quantitative estimate of drug-likeness (QED) is 0.633. The first-order chi connectivity index (χ1) is 13.0. The maximum absolute atomic E-state index is 12.4. The number of rotatable bonds is 7. The summed E-state index contributed by atoms with van der Waals surface area (Å²) in [6, 6.07) is 20.1. The van der Waals surface area contributed by atoms with E-state index in [-0.39, 0.29) is 24.5 Å². The van der Waals surface area contributed by atoms with Crippen molar-refractivity contribution >= 4 is 26.8 Å². The maximum Gasteiger partial charge on any atom is 0.307 e. The van der Waals surface area contributed by atoms with Crippen LogP contribution in [-0.4, -0.2) is 20.9 Å². The Balaban J connectivity index is 1.53. The van der Waals surface area contributed by atoms with Crippen molar-refractivity contribution in [3.8, 4) is 0 Å². The van der Waals surface area contributed by atoms with Gasteiger partial charge in [-0.25, -0.2) is 13.1 Å². The molecule has 0 aliphatic rings. The number of aryl methyl sites for hydroxylation is 1. The molecular formula is C21H21NO4S. The van der Waals surface area contributed by atoms with Crippen LogP contribution in [0.4, 0.5) is 0 Å². The van der Waals surface area contributed by atoms with Gasteiger partial charge in [-0.3, -0.25) is 4.79 Å². The molecule has 0 amide bonds. The van der Waals surface area contributed by atoms with E-state index in [1.807, 2.05) is 55.5 Å². The SMILES string of the molecule is Cc1ccccc1COC(=O)CCNS(=O)(=O)c1ccc2ccccc2c1. The Labute approximate surface area is 159 Å². The number of sulfonamides is 1. The Hall–Kier alpha value is -2.70. The highest BCUT2D eigenvalue weighted by Gasteiger charge is 2.15. The van der Waals surface area contributed by atoms with Gasteiger partial charge in [-0.1, -0.05) is 54.6 Å². The Morgan fingerprint density at radius 2 is 1.67 bits per heavy atom. The number of ether oxygens (including phenoxy) is 1. The maximum atomic E-state index is 12.4. The van der Waals surface area contributed by atoms with Gasteiger partial charge in [-0.15, -0.1) is 0 Å². The summed E-state index contributed by atoms with van der Waals surface area (Å²) in [5.41, 5.74) is 1.98. The Bertz CT molecular complexity index is 1060. The van der Waals surface area contributed by atoms with Gasteiger partial charge in [-0.05, 0) is 41.0 Å². The van der Waals surface area contributed by atoms with Gasteiger partial charge in [-0.2, -0.15) is 0 Å². The largest absolute Gasteiger partial charge is 0.461 e. The van der Waals surface area contributed by atoms with E-state index in [1.165, 1.54) is 0 Å². The summed E-state index contributed by atoms with van der Waals surface area (Å²) in [5.74, 6) is -0.445. The standard InChI is InChI=1S/C21H21NO4S/c1-16-6-2-3-9-19(16)15-26-21(23)12-13-22-27(24,25)20-11-10-17-7-4-5-8-18(17)14-20/h2-11,14,22H,12-13,15H2,1H3. The third-order valence-corrected chi connectivity index (χ3v) is 5.76. The van der Waals surface area contributed by atoms with E-state index in [2.05, 4.69) is 4.72 Å². The van der Waals surface area contributed by atoms with Crippen LogP contribution < -0.4 is 4.72 Å². The van der Waals surface area contributed by atoms with Crippen LogP contribution in [0.25, 0.3) is 10.8 Å². The Morgan fingerprint density at radius 3 is 2.44 bits per heavy atom. The summed E-state index contributed by atoms with van der Waals surface area (Å²) in [6.07, 6.45) is -0.0291. The molecule has 3 aromatic rings. The molecule has 0 spiro atoms. The number of carbonyl (C=O) groups is 1. The van der Waals surface area contributed by atoms with Gasteiger partial charge in [0.15, 0.2) is 0 Å². The summed E-state index contributed by atoms with van der Waals surface area (Å²) in [6.45, 7) is 2.12. The zero-order valence-corrected chi connectivity index (χ0v) is 15.8. The third-order valence-electron chi connectivity index (χ3n) is 4.30. The fourth-order valence-corrected chi connectivity index (χ4v) is 3.77. The lowest BCUT2D eigenvalue weighted by Crippen LogP contribution is -2.26. The topological polar surface area (TPSA) is 72.5 Å². The van der Waals surface area contributed by atoms with Crippen LogP contribution in [0.5, 0.6) is 0 Å². The molecule has 0 radical (unpaired) electrons. The molecule has 5 nitrogen and oxygen atoms in total. The molecule has 6 heteroatoms. The molecule has 0 saturated heterocycles. The highest BCUT2D eigenvalue weighted by atomic mass is 32.2. The number of hydrogen-bond donors (Lipinski definition) is 1. The number of hydrogen-bond acceptors (Lipinski definition) is 4. The molecule has 0 unspecified atom stereocenters. The summed E-state index contributed by atoms with van der Waals surface area (Å²) in [4.78, 5) is 12.0. The van der Waals surface area contributed by atoms with Crippen LogP contribution in [0.1, 0.15) is 17.5 Å². The molecule has 0 aromatic heterocycles. The van der Waals surface area contributed by atoms with Crippen LogP contribution in [0.15, 0.2) is 71.6 Å². The van der Waals surface area contributed by atoms with E-state index in [4.69, 9.17) is 4.74 Å². The van der Waals surface area contributed by atoms with E-state index in [0.29, 0.717) is 0 Å². The second-order valence-corrected chi connectivity index (χ2v) is 8.01. The van der Waals surface area contributed by atoms with Crippen LogP contribution in [0, 0.1) is 6.92 Å². The molecule has 1 N–H and O–H groups in total. The van der Waals surface area contributed by atoms with E-state index in [0.717, 1.165) is 21.9 Å². The van der Waals surface area contributed by atoms with Crippen molar-refractivity contribution in [1.82, 2.24) is 4.72 Å². The zero-order valence-electron chi connectivity index (χ0n) is 15.0. The number of carbonyl (C=O) groups excluding carboxylic acids is 1. The van der Waals surface area contributed by atoms with Gasteiger partial charge in [0, 0.05) is 6.54 Å². The lowest BCUT2D eigenvalue weighted by atomic mass is 10.1. The average Bonchev–Trinajstić information content (AvgIpc) is 2.67. The molecule has 0 heterocycles. The summed E-state index contributed by atoms with van der Waals surface area (Å²) >= 11 is 0. The first-order valence-corrected chi connectivity index (χ1v) is 10.1. The zero-order chi connectivity index (χ0) is 19.3. The van der Waals surface area contributed by atoms with E-state index in [1.54, 1.807) is 18.2 Å². The fraction of sp³-hybridized carbons (Fsp3) is 0.190.